The maximum Gasteiger partial charge on any atom is 0.327 e. The first-order chi connectivity index (χ1) is 27.9. The molecule has 2 rings (SSSR count). The fraction of sp³-hybridized carbons (Fsp3) is 0.528. The molecule has 6 amide bonds. The summed E-state index contributed by atoms with van der Waals surface area (Å²) in [6.07, 6.45) is 1.36. The highest BCUT2D eigenvalue weighted by Crippen LogP contribution is 2.10. The summed E-state index contributed by atoms with van der Waals surface area (Å²) in [5.74, 6) is -7.64. The highest BCUT2D eigenvalue weighted by atomic mass is 32.1. The van der Waals surface area contributed by atoms with Crippen LogP contribution in [0.4, 0.5) is 0 Å². The molecule has 0 aliphatic rings. The Morgan fingerprint density at radius 1 is 0.780 bits per heavy atom. The second kappa shape index (κ2) is 24.9. The van der Waals surface area contributed by atoms with Gasteiger partial charge < -0.3 is 69.4 Å². The van der Waals surface area contributed by atoms with Crippen LogP contribution in [0.2, 0.25) is 0 Å². The first-order valence-electron chi connectivity index (χ1n) is 18.6. The molecular formula is C36H56N12O10S. The number of nitrogens with two attached hydrogens (primary N) is 3. The number of carboxylic acids is 1. The zero-order chi connectivity index (χ0) is 44.2. The summed E-state index contributed by atoms with van der Waals surface area (Å²) in [6, 6.07) is -1.14. The molecule has 22 nitrogen and oxygen atoms in total. The molecule has 0 fully saturated rings. The molecular weight excluding hydrogens is 793 g/mol. The SMILES string of the molecule is CC(C)[C@H](NC(=O)[C@H](CO)NC(=O)[C@@H](N)[C@@H](C)O)C(=O)N[C@@H](Cc1ccccc1)C(=O)N[C@@H](CCCN=C(N)N)C(=O)N[C@@H](Cc1cnc[nH]1)C(=O)N[C@@H](CS)C(=O)O. The summed E-state index contributed by atoms with van der Waals surface area (Å²) in [5.41, 5.74) is 17.6. The average molecular weight is 849 g/mol. The third-order valence-electron chi connectivity index (χ3n) is 8.79. The van der Waals surface area contributed by atoms with Gasteiger partial charge in [-0.1, -0.05) is 44.2 Å². The van der Waals surface area contributed by atoms with Crippen LogP contribution < -0.4 is 49.1 Å². The van der Waals surface area contributed by atoms with E-state index in [0.717, 1.165) is 0 Å². The molecule has 1 aromatic carbocycles. The summed E-state index contributed by atoms with van der Waals surface area (Å²) in [6.45, 7) is 3.66. The Hall–Kier alpha value is -5.78. The number of hydrogen-bond acceptors (Lipinski definition) is 13. The number of carboxylic acid groups (broad SMARTS) is 1. The van der Waals surface area contributed by atoms with Crippen molar-refractivity contribution in [2.24, 2.45) is 28.1 Å². The normalized spacial score (nSPS) is 15.1. The monoisotopic (exact) mass is 848 g/mol. The lowest BCUT2D eigenvalue weighted by atomic mass is 10.00. The van der Waals surface area contributed by atoms with Gasteiger partial charge in [0, 0.05) is 37.0 Å². The van der Waals surface area contributed by atoms with Crippen molar-refractivity contribution >= 4 is 60.0 Å². The van der Waals surface area contributed by atoms with E-state index in [1.165, 1.54) is 19.4 Å². The first-order valence-corrected chi connectivity index (χ1v) is 19.3. The van der Waals surface area contributed by atoms with E-state index >= 15 is 0 Å². The van der Waals surface area contributed by atoms with Crippen molar-refractivity contribution in [3.8, 4) is 0 Å². The number of aliphatic hydroxyl groups excluding tert-OH is 2. The van der Waals surface area contributed by atoms with E-state index in [1.807, 2.05) is 0 Å². The standard InChI is InChI=1S/C36H56N12O10S/c1-18(2)28(48-32(54)25(15-49)46-33(55)27(37)19(3)50)34(56)45-23(12-20-8-5-4-6-9-20)30(52)43-22(10-7-11-41-36(38)39)29(51)44-24(13-21-14-40-17-42-21)31(53)47-26(16-59)35(57)58/h4-6,8-9,14,17-19,22-28,49-50,59H,7,10-13,15-16,37H2,1-3H3,(H,40,42)(H,43,52)(H,44,51)(H,45,56)(H,46,55)(H,47,53)(H,48,54)(H,57,58)(H4,38,39,41)/t19-,22+,23+,24+,25+,26+,27+,28+/m1/s1. The number of thiol groups is 1. The summed E-state index contributed by atoms with van der Waals surface area (Å²) in [4.78, 5) is 103. The van der Waals surface area contributed by atoms with Gasteiger partial charge in [-0.3, -0.25) is 33.8 Å². The van der Waals surface area contributed by atoms with Gasteiger partial charge in [0.25, 0.3) is 0 Å². The van der Waals surface area contributed by atoms with Crippen LogP contribution in [0.5, 0.6) is 0 Å². The zero-order valence-electron chi connectivity index (χ0n) is 33.0. The number of aromatic nitrogens is 2. The number of benzene rings is 1. The van der Waals surface area contributed by atoms with Gasteiger partial charge in [-0.2, -0.15) is 12.6 Å². The lowest BCUT2D eigenvalue weighted by molar-refractivity contribution is -0.141. The second-order valence-electron chi connectivity index (χ2n) is 13.9. The van der Waals surface area contributed by atoms with Crippen molar-refractivity contribution in [3.05, 3.63) is 54.1 Å². The Morgan fingerprint density at radius 3 is 1.85 bits per heavy atom. The molecule has 0 aliphatic carbocycles. The van der Waals surface area contributed by atoms with Crippen molar-refractivity contribution in [2.45, 2.75) is 94.9 Å². The Bertz CT molecular complexity index is 1730. The number of aromatic amines is 1. The molecule has 0 saturated heterocycles. The number of rotatable bonds is 25. The molecule has 23 heteroatoms. The summed E-state index contributed by atoms with van der Waals surface area (Å²) in [5, 5.41) is 43.9. The van der Waals surface area contributed by atoms with Crippen molar-refractivity contribution < 1.29 is 48.9 Å². The van der Waals surface area contributed by atoms with Crippen LogP contribution in [0.15, 0.2) is 47.8 Å². The Kier molecular flexibility index (Phi) is 20.8. The predicted octanol–water partition coefficient (Wildman–Crippen LogP) is -4.47. The molecule has 0 radical (unpaired) electrons. The van der Waals surface area contributed by atoms with E-state index in [2.05, 4.69) is 59.5 Å². The molecule has 0 unspecified atom stereocenters. The molecule has 0 aliphatic heterocycles. The minimum absolute atomic E-state index is 0.0580. The first kappa shape index (κ1) is 49.4. The number of carbonyl (C=O) groups is 7. The molecule has 16 N–H and O–H groups in total. The van der Waals surface area contributed by atoms with Crippen LogP contribution in [0, 0.1) is 5.92 Å². The average Bonchev–Trinajstić information content (AvgIpc) is 3.71. The quantitative estimate of drug-likeness (QED) is 0.0194. The van der Waals surface area contributed by atoms with Crippen molar-refractivity contribution in [1.82, 2.24) is 41.9 Å². The van der Waals surface area contributed by atoms with Gasteiger partial charge in [0.2, 0.25) is 35.4 Å². The molecule has 1 heterocycles. The number of aliphatic carboxylic acids is 1. The van der Waals surface area contributed by atoms with Gasteiger partial charge in [0.1, 0.15) is 42.3 Å². The number of imidazole rings is 1. The van der Waals surface area contributed by atoms with Crippen molar-refractivity contribution in [3.63, 3.8) is 0 Å². The number of H-pyrrole nitrogens is 1. The highest BCUT2D eigenvalue weighted by molar-refractivity contribution is 7.80. The Balaban J connectivity index is 2.42. The number of aliphatic hydroxyl groups is 2. The van der Waals surface area contributed by atoms with Crippen LogP contribution in [-0.4, -0.2) is 140 Å². The van der Waals surface area contributed by atoms with Crippen molar-refractivity contribution in [1.29, 1.82) is 0 Å². The van der Waals surface area contributed by atoms with E-state index < -0.39 is 102 Å². The number of nitrogens with zero attached hydrogens (tertiary/aromatic N) is 2. The third kappa shape index (κ3) is 16.9. The number of hydrogen-bond donors (Lipinski definition) is 14. The molecule has 0 saturated carbocycles. The number of guanidine groups is 1. The predicted molar refractivity (Wildman–Crippen MR) is 217 cm³/mol. The largest absolute Gasteiger partial charge is 0.480 e. The number of nitrogens with one attached hydrogen (secondary N) is 7. The van der Waals surface area contributed by atoms with E-state index in [4.69, 9.17) is 17.2 Å². The smallest absolute Gasteiger partial charge is 0.327 e. The topological polar surface area (TPSA) is 371 Å². The van der Waals surface area contributed by atoms with E-state index in [9.17, 15) is 48.9 Å². The number of carbonyl (C=O) groups excluding carboxylic acids is 6. The van der Waals surface area contributed by atoms with Crippen LogP contribution in [0.3, 0.4) is 0 Å². The molecule has 8 atom stereocenters. The van der Waals surface area contributed by atoms with Crippen LogP contribution in [-0.2, 0) is 46.4 Å². The Labute approximate surface area is 346 Å². The van der Waals surface area contributed by atoms with Crippen LogP contribution >= 0.6 is 12.6 Å². The van der Waals surface area contributed by atoms with Crippen molar-refractivity contribution in [2.75, 3.05) is 18.9 Å². The van der Waals surface area contributed by atoms with Gasteiger partial charge in [0.15, 0.2) is 5.96 Å². The maximum absolute atomic E-state index is 14.1. The fourth-order valence-electron chi connectivity index (χ4n) is 5.39. The maximum atomic E-state index is 14.1. The lowest BCUT2D eigenvalue weighted by Gasteiger charge is -2.28. The summed E-state index contributed by atoms with van der Waals surface area (Å²) >= 11 is 3.98. The molecule has 0 spiro atoms. The van der Waals surface area contributed by atoms with Gasteiger partial charge in [-0.05, 0) is 31.2 Å². The molecule has 0 bridgehead atoms. The Morgan fingerprint density at radius 2 is 1.32 bits per heavy atom. The van der Waals surface area contributed by atoms with E-state index in [0.29, 0.717) is 11.3 Å². The summed E-state index contributed by atoms with van der Waals surface area (Å²) in [7, 11) is 0. The highest BCUT2D eigenvalue weighted by Gasteiger charge is 2.35. The minimum atomic E-state index is -1.55. The van der Waals surface area contributed by atoms with Gasteiger partial charge in [-0.15, -0.1) is 0 Å². The molecule has 2 aromatic rings. The fourth-order valence-corrected chi connectivity index (χ4v) is 5.64. The molecule has 326 valence electrons. The third-order valence-corrected chi connectivity index (χ3v) is 9.15. The van der Waals surface area contributed by atoms with E-state index in [1.54, 1.807) is 44.2 Å². The van der Waals surface area contributed by atoms with Crippen LogP contribution in [0.25, 0.3) is 0 Å². The number of amides is 6. The van der Waals surface area contributed by atoms with Gasteiger partial charge in [0.05, 0.1) is 19.0 Å². The molecule has 59 heavy (non-hydrogen) atoms. The minimum Gasteiger partial charge on any atom is -0.480 e. The zero-order valence-corrected chi connectivity index (χ0v) is 33.9. The summed E-state index contributed by atoms with van der Waals surface area (Å²) < 4.78 is 0. The lowest BCUT2D eigenvalue weighted by Crippen LogP contribution is -2.61. The van der Waals surface area contributed by atoms with Gasteiger partial charge >= 0.3 is 5.97 Å². The van der Waals surface area contributed by atoms with E-state index in [-0.39, 0.29) is 43.9 Å². The van der Waals surface area contributed by atoms with Crippen LogP contribution in [0.1, 0.15) is 44.9 Å². The second-order valence-corrected chi connectivity index (χ2v) is 14.3. The van der Waals surface area contributed by atoms with Gasteiger partial charge in [-0.25, -0.2) is 9.78 Å². The number of aliphatic imine (C=N–C) groups is 1. The molecule has 1 aromatic heterocycles.